The molecule has 2 aromatic rings. The fourth-order valence-electron chi connectivity index (χ4n) is 1.97. The molecule has 0 atom stereocenters. The predicted octanol–water partition coefficient (Wildman–Crippen LogP) is 1.23. The Hall–Kier alpha value is -2.16. The van der Waals surface area contributed by atoms with Crippen LogP contribution in [0.25, 0.3) is 5.65 Å². The molecule has 20 heavy (non-hydrogen) atoms. The van der Waals surface area contributed by atoms with Gasteiger partial charge >= 0.3 is 6.18 Å². The second-order valence-corrected chi connectivity index (χ2v) is 4.61. The van der Waals surface area contributed by atoms with Crippen molar-refractivity contribution < 1.29 is 18.0 Å². The molecule has 1 aliphatic rings. The van der Waals surface area contributed by atoms with E-state index in [-0.39, 0.29) is 17.3 Å². The largest absolute Gasteiger partial charge is 0.433 e. The van der Waals surface area contributed by atoms with E-state index >= 15 is 0 Å². The highest BCUT2D eigenvalue weighted by atomic mass is 19.4. The summed E-state index contributed by atoms with van der Waals surface area (Å²) < 4.78 is 39.8. The van der Waals surface area contributed by atoms with E-state index in [1.807, 2.05) is 5.43 Å². The molecule has 9 heteroatoms. The van der Waals surface area contributed by atoms with Crippen LogP contribution in [-0.2, 0) is 6.18 Å². The Kier molecular flexibility index (Phi) is 2.68. The third-order valence-corrected chi connectivity index (χ3v) is 3.10. The lowest BCUT2D eigenvalue weighted by molar-refractivity contribution is -0.142. The normalized spacial score (nSPS) is 15.6. The molecule has 3 N–H and O–H groups in total. The smallest absolute Gasteiger partial charge is 0.289 e. The van der Waals surface area contributed by atoms with Crippen molar-refractivity contribution in [1.82, 2.24) is 20.0 Å². The number of alkyl halides is 3. The van der Waals surface area contributed by atoms with E-state index in [0.29, 0.717) is 10.2 Å². The van der Waals surface area contributed by atoms with Crippen molar-refractivity contribution in [3.63, 3.8) is 0 Å². The van der Waals surface area contributed by atoms with Crippen LogP contribution in [0.15, 0.2) is 12.1 Å². The molecule has 2 heterocycles. The molecule has 0 radical (unpaired) electrons. The van der Waals surface area contributed by atoms with Gasteiger partial charge in [-0.15, -0.1) is 0 Å². The molecule has 1 fully saturated rings. The zero-order valence-electron chi connectivity index (χ0n) is 10.1. The van der Waals surface area contributed by atoms with Gasteiger partial charge in [0, 0.05) is 17.7 Å². The minimum Gasteiger partial charge on any atom is -0.289 e. The topological polar surface area (TPSA) is 85.3 Å². The number of hydrazine groups is 1. The Morgan fingerprint density at radius 1 is 1.40 bits per heavy atom. The van der Waals surface area contributed by atoms with E-state index in [9.17, 15) is 18.0 Å². The molecule has 3 rings (SSSR count). The third kappa shape index (κ3) is 2.09. The van der Waals surface area contributed by atoms with Crippen molar-refractivity contribution in [2.45, 2.75) is 24.9 Å². The molecule has 0 aliphatic heterocycles. The zero-order chi connectivity index (χ0) is 14.5. The van der Waals surface area contributed by atoms with E-state index in [1.54, 1.807) is 0 Å². The van der Waals surface area contributed by atoms with Crippen molar-refractivity contribution in [3.8, 4) is 0 Å². The van der Waals surface area contributed by atoms with Crippen LogP contribution in [0.5, 0.6) is 0 Å². The first kappa shape index (κ1) is 12.9. The lowest BCUT2D eigenvalue weighted by Gasteiger charge is -2.10. The van der Waals surface area contributed by atoms with Gasteiger partial charge in [0.25, 0.3) is 5.91 Å². The van der Waals surface area contributed by atoms with Gasteiger partial charge in [0.15, 0.2) is 11.3 Å². The number of nitrogens with zero attached hydrogens (tertiary/aromatic N) is 3. The van der Waals surface area contributed by atoms with Gasteiger partial charge in [-0.05, 0) is 18.9 Å². The zero-order valence-corrected chi connectivity index (χ0v) is 10.1. The highest BCUT2D eigenvalue weighted by Gasteiger charge is 2.37. The van der Waals surface area contributed by atoms with Gasteiger partial charge in [0.2, 0.25) is 0 Å². The molecule has 106 valence electrons. The van der Waals surface area contributed by atoms with Crippen molar-refractivity contribution in [1.29, 1.82) is 0 Å². The number of hydrogen-bond acceptors (Lipinski definition) is 4. The monoisotopic (exact) mass is 285 g/mol. The average molecular weight is 285 g/mol. The van der Waals surface area contributed by atoms with E-state index in [2.05, 4.69) is 10.1 Å². The molecule has 1 amide bonds. The lowest BCUT2D eigenvalue weighted by atomic mass is 10.2. The summed E-state index contributed by atoms with van der Waals surface area (Å²) in [6.45, 7) is 0. The maximum Gasteiger partial charge on any atom is 0.433 e. The number of nitrogens with one attached hydrogen (secondary N) is 1. The van der Waals surface area contributed by atoms with Crippen LogP contribution in [0.4, 0.5) is 13.2 Å². The Morgan fingerprint density at radius 3 is 2.65 bits per heavy atom. The number of nitrogen functional groups attached to an aromatic ring is 1. The van der Waals surface area contributed by atoms with Crippen molar-refractivity contribution in [2.24, 2.45) is 5.84 Å². The molecule has 0 bridgehead atoms. The number of amides is 1. The summed E-state index contributed by atoms with van der Waals surface area (Å²) in [4.78, 5) is 15.5. The van der Waals surface area contributed by atoms with Crippen molar-refractivity contribution in [3.05, 3.63) is 29.2 Å². The van der Waals surface area contributed by atoms with Crippen LogP contribution in [0, 0.1) is 0 Å². The molecule has 0 spiro atoms. The first-order valence-electron chi connectivity index (χ1n) is 5.89. The molecule has 1 saturated carbocycles. The van der Waals surface area contributed by atoms with Gasteiger partial charge in [-0.3, -0.25) is 10.2 Å². The SMILES string of the molecule is NNC(=O)c1cc2nc(C3CC3)cc(C(F)(F)F)n2n1. The van der Waals surface area contributed by atoms with E-state index in [0.717, 1.165) is 18.9 Å². The number of carbonyl (C=O) groups is 1. The fraction of sp³-hybridized carbons (Fsp3) is 0.364. The number of nitrogens with two attached hydrogens (primary N) is 1. The quantitative estimate of drug-likeness (QED) is 0.493. The van der Waals surface area contributed by atoms with Crippen LogP contribution in [0.3, 0.4) is 0 Å². The first-order chi connectivity index (χ1) is 9.40. The van der Waals surface area contributed by atoms with E-state index in [1.165, 1.54) is 6.07 Å². The molecule has 2 aromatic heterocycles. The van der Waals surface area contributed by atoms with Gasteiger partial charge in [0.05, 0.1) is 0 Å². The number of carbonyl (C=O) groups excluding carboxylic acids is 1. The number of fused-ring (bicyclic) bond motifs is 1. The first-order valence-corrected chi connectivity index (χ1v) is 5.89. The second-order valence-electron chi connectivity index (χ2n) is 4.61. The van der Waals surface area contributed by atoms with Crippen LogP contribution in [0.1, 0.15) is 40.6 Å². The summed E-state index contributed by atoms with van der Waals surface area (Å²) in [7, 11) is 0. The van der Waals surface area contributed by atoms with Crippen LogP contribution < -0.4 is 11.3 Å². The minimum atomic E-state index is -4.58. The lowest BCUT2D eigenvalue weighted by Crippen LogP contribution is -2.30. The summed E-state index contributed by atoms with van der Waals surface area (Å²) in [5, 5.41) is 3.61. The van der Waals surface area contributed by atoms with Gasteiger partial charge in [-0.25, -0.2) is 15.3 Å². The number of hydrogen-bond donors (Lipinski definition) is 2. The summed E-state index contributed by atoms with van der Waals surface area (Å²) >= 11 is 0. The summed E-state index contributed by atoms with van der Waals surface area (Å²) in [6, 6.07) is 2.17. The van der Waals surface area contributed by atoms with E-state index in [4.69, 9.17) is 5.84 Å². The molecule has 0 saturated heterocycles. The van der Waals surface area contributed by atoms with Gasteiger partial charge in [-0.2, -0.15) is 18.3 Å². The van der Waals surface area contributed by atoms with Crippen molar-refractivity contribution in [2.75, 3.05) is 0 Å². The highest BCUT2D eigenvalue weighted by molar-refractivity contribution is 5.92. The number of halogens is 3. The minimum absolute atomic E-state index is 0.0136. The summed E-state index contributed by atoms with van der Waals surface area (Å²) in [5.41, 5.74) is 1.04. The Bertz CT molecular complexity index is 689. The molecular weight excluding hydrogens is 275 g/mol. The third-order valence-electron chi connectivity index (χ3n) is 3.10. The number of rotatable bonds is 2. The molecule has 6 nitrogen and oxygen atoms in total. The van der Waals surface area contributed by atoms with Crippen LogP contribution in [0.2, 0.25) is 0 Å². The standard InChI is InChI=1S/C11H10F3N5O/c12-11(13,14)8-3-6(5-1-2-5)16-9-4-7(10(20)17-15)18-19(8)9/h3-5H,1-2,15H2,(H,17,20). The molecule has 1 aliphatic carbocycles. The van der Waals surface area contributed by atoms with Gasteiger partial charge in [0.1, 0.15) is 5.69 Å². The van der Waals surface area contributed by atoms with Gasteiger partial charge in [-0.1, -0.05) is 0 Å². The van der Waals surface area contributed by atoms with Gasteiger partial charge < -0.3 is 0 Å². The molecule has 0 aromatic carbocycles. The Labute approximate surface area is 110 Å². The molecular formula is C11H10F3N5O. The fourth-order valence-corrected chi connectivity index (χ4v) is 1.97. The maximum absolute atomic E-state index is 13.1. The Morgan fingerprint density at radius 2 is 2.10 bits per heavy atom. The van der Waals surface area contributed by atoms with Crippen LogP contribution >= 0.6 is 0 Å². The second kappa shape index (κ2) is 4.17. The number of aromatic nitrogens is 3. The summed E-state index contributed by atoms with van der Waals surface area (Å²) in [5.74, 6) is 4.24. The molecule has 0 unspecified atom stereocenters. The maximum atomic E-state index is 13.1. The van der Waals surface area contributed by atoms with Crippen molar-refractivity contribution >= 4 is 11.6 Å². The summed E-state index contributed by atoms with van der Waals surface area (Å²) in [6.07, 6.45) is -2.93. The van der Waals surface area contributed by atoms with Crippen LogP contribution in [-0.4, -0.2) is 20.5 Å². The predicted molar refractivity (Wildman–Crippen MR) is 61.6 cm³/mol. The van der Waals surface area contributed by atoms with E-state index < -0.39 is 17.8 Å². The Balaban J connectivity index is 2.22. The average Bonchev–Trinajstić information content (AvgIpc) is 3.14. The highest BCUT2D eigenvalue weighted by Crippen LogP contribution is 2.41.